The van der Waals surface area contributed by atoms with E-state index in [1.807, 2.05) is 6.92 Å². The molecule has 0 aliphatic heterocycles. The molecule has 0 bridgehead atoms. The van der Waals surface area contributed by atoms with Crippen LogP contribution in [0, 0.1) is 0 Å². The molecular formula is C11H12F3N5S3. The first-order valence-electron chi connectivity index (χ1n) is 6.07. The molecule has 2 aromatic heterocycles. The highest BCUT2D eigenvalue weighted by atomic mass is 32.2. The van der Waals surface area contributed by atoms with Gasteiger partial charge in [0.1, 0.15) is 5.82 Å². The van der Waals surface area contributed by atoms with Gasteiger partial charge in [-0.2, -0.15) is 13.2 Å². The Kier molecular flexibility index (Phi) is 5.50. The maximum absolute atomic E-state index is 12.9. The SMILES string of the molecule is CCSc1nnc(Sc2nc(N(C)C)cc(C(F)(F)F)n2)s1. The van der Waals surface area contributed by atoms with Crippen LogP contribution in [-0.4, -0.2) is 40.0 Å². The summed E-state index contributed by atoms with van der Waals surface area (Å²) in [6.45, 7) is 1.98. The maximum atomic E-state index is 12.9. The number of alkyl halides is 3. The van der Waals surface area contributed by atoms with Gasteiger partial charge in [-0.15, -0.1) is 10.2 Å². The lowest BCUT2D eigenvalue weighted by molar-refractivity contribution is -0.141. The van der Waals surface area contributed by atoms with Gasteiger partial charge in [-0.05, 0) is 17.5 Å². The van der Waals surface area contributed by atoms with Gasteiger partial charge in [0.15, 0.2) is 19.5 Å². The highest BCUT2D eigenvalue weighted by Crippen LogP contribution is 2.35. The number of aromatic nitrogens is 4. The number of anilines is 1. The lowest BCUT2D eigenvalue weighted by Gasteiger charge is -2.14. The Morgan fingerprint density at radius 2 is 1.86 bits per heavy atom. The Bertz CT molecular complexity index is 644. The average Bonchev–Trinajstić information content (AvgIpc) is 2.85. The highest BCUT2D eigenvalue weighted by molar-refractivity contribution is 8.03. The van der Waals surface area contributed by atoms with Crippen LogP contribution in [0.5, 0.6) is 0 Å². The van der Waals surface area contributed by atoms with E-state index in [0.29, 0.717) is 4.34 Å². The Hall–Kier alpha value is -1.07. The highest BCUT2D eigenvalue weighted by Gasteiger charge is 2.34. The van der Waals surface area contributed by atoms with E-state index in [0.717, 1.165) is 27.9 Å². The smallest absolute Gasteiger partial charge is 0.363 e. The molecule has 0 N–H and O–H groups in total. The van der Waals surface area contributed by atoms with E-state index in [2.05, 4.69) is 20.2 Å². The van der Waals surface area contributed by atoms with E-state index in [1.54, 1.807) is 14.1 Å². The quantitative estimate of drug-likeness (QED) is 0.590. The summed E-state index contributed by atoms with van der Waals surface area (Å²) in [6.07, 6.45) is -4.52. The fraction of sp³-hybridized carbons (Fsp3) is 0.455. The predicted molar refractivity (Wildman–Crippen MR) is 81.8 cm³/mol. The zero-order valence-electron chi connectivity index (χ0n) is 11.9. The minimum absolute atomic E-state index is 0.00252. The molecule has 0 aromatic carbocycles. The molecule has 2 rings (SSSR count). The van der Waals surface area contributed by atoms with E-state index >= 15 is 0 Å². The van der Waals surface area contributed by atoms with Crippen LogP contribution in [0.1, 0.15) is 12.6 Å². The summed E-state index contributed by atoms with van der Waals surface area (Å²) in [5.74, 6) is 1.04. The van der Waals surface area contributed by atoms with Crippen LogP contribution in [0.25, 0.3) is 0 Å². The number of hydrogen-bond donors (Lipinski definition) is 0. The van der Waals surface area contributed by atoms with Crippen molar-refractivity contribution in [2.24, 2.45) is 0 Å². The number of halogens is 3. The zero-order valence-corrected chi connectivity index (χ0v) is 14.3. The van der Waals surface area contributed by atoms with E-state index < -0.39 is 11.9 Å². The molecule has 5 nitrogen and oxygen atoms in total. The summed E-state index contributed by atoms with van der Waals surface area (Å²) in [6, 6.07) is 0.919. The lowest BCUT2D eigenvalue weighted by atomic mass is 10.4. The van der Waals surface area contributed by atoms with Gasteiger partial charge in [0, 0.05) is 20.2 Å². The molecule has 0 fully saturated rings. The summed E-state index contributed by atoms with van der Waals surface area (Å²) < 4.78 is 40.0. The van der Waals surface area contributed by atoms with E-state index in [1.165, 1.54) is 28.0 Å². The van der Waals surface area contributed by atoms with Crippen LogP contribution in [-0.2, 0) is 6.18 Å². The van der Waals surface area contributed by atoms with Crippen LogP contribution in [0.15, 0.2) is 19.9 Å². The third kappa shape index (κ3) is 4.46. The normalized spacial score (nSPS) is 11.7. The van der Waals surface area contributed by atoms with Crippen molar-refractivity contribution >= 4 is 40.7 Å². The fourth-order valence-electron chi connectivity index (χ4n) is 1.33. The average molecular weight is 367 g/mol. The number of rotatable bonds is 5. The molecule has 0 saturated heterocycles. The molecule has 0 amide bonds. The van der Waals surface area contributed by atoms with Crippen molar-refractivity contribution in [3.8, 4) is 0 Å². The van der Waals surface area contributed by atoms with Crippen LogP contribution in [0.4, 0.5) is 19.0 Å². The summed E-state index contributed by atoms with van der Waals surface area (Å²) in [5.41, 5.74) is -0.971. The van der Waals surface area contributed by atoms with Crippen LogP contribution >= 0.6 is 34.9 Å². The van der Waals surface area contributed by atoms with Gasteiger partial charge in [0.2, 0.25) is 0 Å². The first kappa shape index (κ1) is 17.3. The molecule has 2 heterocycles. The summed E-state index contributed by atoms with van der Waals surface area (Å²) in [7, 11) is 3.25. The van der Waals surface area contributed by atoms with Crippen molar-refractivity contribution in [3.63, 3.8) is 0 Å². The van der Waals surface area contributed by atoms with E-state index in [9.17, 15) is 13.2 Å². The molecular weight excluding hydrogens is 355 g/mol. The number of hydrogen-bond acceptors (Lipinski definition) is 8. The van der Waals surface area contributed by atoms with E-state index in [4.69, 9.17) is 0 Å². The topological polar surface area (TPSA) is 54.8 Å². The van der Waals surface area contributed by atoms with Gasteiger partial charge >= 0.3 is 6.18 Å². The minimum Gasteiger partial charge on any atom is -0.363 e. The third-order valence-corrected chi connectivity index (χ3v) is 5.13. The third-order valence-electron chi connectivity index (χ3n) is 2.28. The second-order valence-electron chi connectivity index (χ2n) is 4.16. The fourth-order valence-corrected chi connectivity index (χ4v) is 4.12. The predicted octanol–water partition coefficient (Wildman–Crippen LogP) is 3.68. The molecule has 120 valence electrons. The van der Waals surface area contributed by atoms with E-state index in [-0.39, 0.29) is 11.0 Å². The van der Waals surface area contributed by atoms with Gasteiger partial charge in [0.05, 0.1) is 0 Å². The van der Waals surface area contributed by atoms with Crippen LogP contribution in [0.3, 0.4) is 0 Å². The summed E-state index contributed by atoms with van der Waals surface area (Å²) in [5, 5.41) is 7.89. The first-order chi connectivity index (χ1) is 10.3. The van der Waals surface area contributed by atoms with Gasteiger partial charge in [-0.3, -0.25) is 0 Å². The molecule has 2 aromatic rings. The Labute approximate surface area is 137 Å². The number of nitrogens with zero attached hydrogens (tertiary/aromatic N) is 5. The van der Waals surface area contributed by atoms with Crippen LogP contribution in [0.2, 0.25) is 0 Å². The molecule has 22 heavy (non-hydrogen) atoms. The zero-order chi connectivity index (χ0) is 16.3. The first-order valence-corrected chi connectivity index (χ1v) is 8.69. The van der Waals surface area contributed by atoms with Crippen molar-refractivity contribution in [3.05, 3.63) is 11.8 Å². The molecule has 0 aliphatic carbocycles. The number of thioether (sulfide) groups is 1. The van der Waals surface area contributed by atoms with Gasteiger partial charge in [-0.1, -0.05) is 30.0 Å². The maximum Gasteiger partial charge on any atom is 0.433 e. The van der Waals surface area contributed by atoms with Gasteiger partial charge in [-0.25, -0.2) is 9.97 Å². The van der Waals surface area contributed by atoms with Crippen molar-refractivity contribution < 1.29 is 13.2 Å². The van der Waals surface area contributed by atoms with Crippen LogP contribution < -0.4 is 4.90 Å². The van der Waals surface area contributed by atoms with Gasteiger partial charge in [0.25, 0.3) is 0 Å². The second-order valence-corrected chi connectivity index (χ2v) is 7.86. The Balaban J connectivity index is 2.30. The summed E-state index contributed by atoms with van der Waals surface area (Å²) >= 11 is 3.81. The molecule has 0 aliphatic rings. The Morgan fingerprint density at radius 1 is 1.18 bits per heavy atom. The summed E-state index contributed by atoms with van der Waals surface area (Å²) in [4.78, 5) is 9.18. The van der Waals surface area contributed by atoms with Crippen molar-refractivity contribution in [1.82, 2.24) is 20.2 Å². The molecule has 0 atom stereocenters. The molecule has 11 heteroatoms. The molecule has 0 unspecified atom stereocenters. The van der Waals surface area contributed by atoms with Gasteiger partial charge < -0.3 is 4.90 Å². The largest absolute Gasteiger partial charge is 0.433 e. The Morgan fingerprint density at radius 3 is 2.45 bits per heavy atom. The molecule has 0 radical (unpaired) electrons. The van der Waals surface area contributed by atoms with Crippen molar-refractivity contribution in [1.29, 1.82) is 0 Å². The van der Waals surface area contributed by atoms with Crippen molar-refractivity contribution in [2.45, 2.75) is 26.9 Å². The molecule has 0 spiro atoms. The lowest BCUT2D eigenvalue weighted by Crippen LogP contribution is -2.15. The standard InChI is InChI=1S/C11H12F3N5S3/c1-4-20-9-17-18-10(22-9)21-8-15-6(11(12,13)14)5-7(16-8)19(2)3/h5H,4H2,1-3H3. The molecule has 0 saturated carbocycles. The van der Waals surface area contributed by atoms with Crippen molar-refractivity contribution in [2.75, 3.05) is 24.7 Å². The minimum atomic E-state index is -4.52. The second kappa shape index (κ2) is 7.01. The monoisotopic (exact) mass is 367 g/mol.